The number of carbonyl (C=O) groups excluding carboxylic acids is 2. The van der Waals surface area contributed by atoms with Gasteiger partial charge in [-0.3, -0.25) is 19.5 Å². The average molecular weight is 284 g/mol. The number of Topliss-reactive ketones (excluding diaryl/α,β-unsaturated/α-hetero) is 1. The van der Waals surface area contributed by atoms with E-state index in [0.717, 1.165) is 11.8 Å². The van der Waals surface area contributed by atoms with E-state index in [1.165, 1.54) is 11.0 Å². The van der Waals surface area contributed by atoms with Crippen LogP contribution < -0.4 is 4.90 Å². The second-order valence-electron chi connectivity index (χ2n) is 5.11. The smallest absolute Gasteiger partial charge is 0.298 e. The standard InChI is InChI=1S/C16H13FN2O2/c1-9-6-11(17)7-13-14(9)19(16(21)15(13)20)8-12-5-3-4-10(2)18-12/h3-7H,8H2,1-2H3. The molecule has 0 radical (unpaired) electrons. The molecule has 1 aromatic carbocycles. The summed E-state index contributed by atoms with van der Waals surface area (Å²) in [5, 5.41) is 0. The van der Waals surface area contributed by atoms with Gasteiger partial charge in [0, 0.05) is 5.69 Å². The molecule has 2 aromatic rings. The van der Waals surface area contributed by atoms with Gasteiger partial charge in [-0.2, -0.15) is 0 Å². The first kappa shape index (κ1) is 13.4. The Labute approximate surface area is 121 Å². The third kappa shape index (κ3) is 2.20. The highest BCUT2D eigenvalue weighted by Crippen LogP contribution is 2.34. The van der Waals surface area contributed by atoms with E-state index >= 15 is 0 Å². The van der Waals surface area contributed by atoms with E-state index in [9.17, 15) is 14.0 Å². The summed E-state index contributed by atoms with van der Waals surface area (Å²) in [6, 6.07) is 7.93. The maximum Gasteiger partial charge on any atom is 0.299 e. The molecule has 0 saturated carbocycles. The molecule has 4 nitrogen and oxygen atoms in total. The summed E-state index contributed by atoms with van der Waals surface area (Å²) in [6.45, 7) is 3.74. The normalized spacial score (nSPS) is 13.8. The van der Waals surface area contributed by atoms with Crippen LogP contribution in [-0.4, -0.2) is 16.7 Å². The molecule has 0 saturated heterocycles. The number of pyridine rings is 1. The van der Waals surface area contributed by atoms with Crippen molar-refractivity contribution in [2.45, 2.75) is 20.4 Å². The van der Waals surface area contributed by atoms with Crippen LogP contribution in [0.25, 0.3) is 0 Å². The van der Waals surface area contributed by atoms with E-state index in [2.05, 4.69) is 4.98 Å². The zero-order valence-electron chi connectivity index (χ0n) is 11.7. The third-order valence-corrected chi connectivity index (χ3v) is 3.49. The van der Waals surface area contributed by atoms with Crippen LogP contribution in [0.1, 0.15) is 27.3 Å². The van der Waals surface area contributed by atoms with Crippen LogP contribution in [0, 0.1) is 19.7 Å². The molecule has 0 N–H and O–H groups in total. The highest BCUT2D eigenvalue weighted by molar-refractivity contribution is 6.52. The summed E-state index contributed by atoms with van der Waals surface area (Å²) < 4.78 is 13.4. The Balaban J connectivity index is 2.05. The highest BCUT2D eigenvalue weighted by atomic mass is 19.1. The van der Waals surface area contributed by atoms with Gasteiger partial charge in [0.25, 0.3) is 11.7 Å². The van der Waals surface area contributed by atoms with E-state index in [-0.39, 0.29) is 12.1 Å². The van der Waals surface area contributed by atoms with Crippen molar-refractivity contribution in [3.05, 3.63) is 58.7 Å². The lowest BCUT2D eigenvalue weighted by atomic mass is 10.1. The Bertz CT molecular complexity index is 771. The third-order valence-electron chi connectivity index (χ3n) is 3.49. The molecule has 1 aromatic heterocycles. The van der Waals surface area contributed by atoms with Gasteiger partial charge in [0.2, 0.25) is 0 Å². The first-order chi connectivity index (χ1) is 9.97. The zero-order chi connectivity index (χ0) is 15.1. The average Bonchev–Trinajstić information content (AvgIpc) is 2.64. The summed E-state index contributed by atoms with van der Waals surface area (Å²) >= 11 is 0. The molecular formula is C16H13FN2O2. The summed E-state index contributed by atoms with van der Waals surface area (Å²) in [5.41, 5.74) is 2.70. The van der Waals surface area contributed by atoms with Gasteiger partial charge < -0.3 is 0 Å². The van der Waals surface area contributed by atoms with E-state index in [1.54, 1.807) is 13.0 Å². The predicted octanol–water partition coefficient (Wildman–Crippen LogP) is 2.57. The number of amides is 1. The summed E-state index contributed by atoms with van der Waals surface area (Å²) in [7, 11) is 0. The molecule has 1 aliphatic heterocycles. The molecule has 0 fully saturated rings. The molecule has 0 atom stereocenters. The minimum absolute atomic E-state index is 0.130. The number of carbonyl (C=O) groups is 2. The predicted molar refractivity (Wildman–Crippen MR) is 75.6 cm³/mol. The van der Waals surface area contributed by atoms with Gasteiger partial charge in [-0.25, -0.2) is 4.39 Å². The van der Waals surface area contributed by atoms with Crippen LogP contribution in [0.2, 0.25) is 0 Å². The van der Waals surface area contributed by atoms with E-state index in [1.807, 2.05) is 19.1 Å². The van der Waals surface area contributed by atoms with Gasteiger partial charge in [0.05, 0.1) is 23.5 Å². The summed E-state index contributed by atoms with van der Waals surface area (Å²) in [5.74, 6) is -1.81. The Morgan fingerprint density at radius 3 is 2.67 bits per heavy atom. The van der Waals surface area contributed by atoms with E-state index in [4.69, 9.17) is 0 Å². The maximum absolute atomic E-state index is 13.4. The van der Waals surface area contributed by atoms with E-state index < -0.39 is 17.5 Å². The lowest BCUT2D eigenvalue weighted by Crippen LogP contribution is -2.29. The van der Waals surface area contributed by atoms with Crippen molar-refractivity contribution in [2.75, 3.05) is 4.90 Å². The van der Waals surface area contributed by atoms with Crippen LogP contribution in [0.3, 0.4) is 0 Å². The van der Waals surface area contributed by atoms with Gasteiger partial charge in [-0.1, -0.05) is 6.07 Å². The number of ketones is 1. The second-order valence-corrected chi connectivity index (χ2v) is 5.11. The molecule has 2 heterocycles. The van der Waals surface area contributed by atoms with Gasteiger partial charge in [0.1, 0.15) is 5.82 Å². The fourth-order valence-corrected chi connectivity index (χ4v) is 2.61. The zero-order valence-corrected chi connectivity index (χ0v) is 11.7. The molecule has 1 aliphatic rings. The van der Waals surface area contributed by atoms with Gasteiger partial charge in [0.15, 0.2) is 0 Å². The second kappa shape index (κ2) is 4.77. The number of anilines is 1. The fourth-order valence-electron chi connectivity index (χ4n) is 2.61. The minimum atomic E-state index is -0.666. The molecule has 1 amide bonds. The number of hydrogen-bond acceptors (Lipinski definition) is 3. The van der Waals surface area contributed by atoms with Crippen LogP contribution in [0.4, 0.5) is 10.1 Å². The Morgan fingerprint density at radius 1 is 1.19 bits per heavy atom. The molecule has 106 valence electrons. The number of fused-ring (bicyclic) bond motifs is 1. The number of aromatic nitrogens is 1. The van der Waals surface area contributed by atoms with Crippen molar-refractivity contribution in [3.8, 4) is 0 Å². The number of hydrogen-bond donors (Lipinski definition) is 0. The molecule has 3 rings (SSSR count). The van der Waals surface area contributed by atoms with Crippen molar-refractivity contribution in [2.24, 2.45) is 0 Å². The van der Waals surface area contributed by atoms with Crippen molar-refractivity contribution >= 4 is 17.4 Å². The number of aryl methyl sites for hydroxylation is 2. The first-order valence-electron chi connectivity index (χ1n) is 6.56. The van der Waals surface area contributed by atoms with Crippen molar-refractivity contribution in [1.29, 1.82) is 0 Å². The quantitative estimate of drug-likeness (QED) is 0.796. The number of benzene rings is 1. The molecular weight excluding hydrogens is 271 g/mol. The maximum atomic E-state index is 13.4. The Kier molecular flexibility index (Phi) is 3.05. The van der Waals surface area contributed by atoms with Gasteiger partial charge in [-0.15, -0.1) is 0 Å². The largest absolute Gasteiger partial charge is 0.299 e. The molecule has 5 heteroatoms. The van der Waals surface area contributed by atoms with Gasteiger partial charge in [-0.05, 0) is 43.7 Å². The number of halogens is 1. The fraction of sp³-hybridized carbons (Fsp3) is 0.188. The topological polar surface area (TPSA) is 50.3 Å². The minimum Gasteiger partial charge on any atom is -0.298 e. The lowest BCUT2D eigenvalue weighted by Gasteiger charge is -2.18. The van der Waals surface area contributed by atoms with Crippen LogP contribution in [0.15, 0.2) is 30.3 Å². The van der Waals surface area contributed by atoms with Crippen molar-refractivity contribution in [3.63, 3.8) is 0 Å². The lowest BCUT2D eigenvalue weighted by molar-refractivity contribution is -0.114. The first-order valence-corrected chi connectivity index (χ1v) is 6.56. The molecule has 0 aliphatic carbocycles. The van der Waals surface area contributed by atoms with Crippen molar-refractivity contribution < 1.29 is 14.0 Å². The molecule has 0 spiro atoms. The number of nitrogens with zero attached hydrogens (tertiary/aromatic N) is 2. The van der Waals surface area contributed by atoms with Gasteiger partial charge >= 0.3 is 0 Å². The Morgan fingerprint density at radius 2 is 1.95 bits per heavy atom. The molecule has 0 unspecified atom stereocenters. The number of rotatable bonds is 2. The van der Waals surface area contributed by atoms with E-state index in [0.29, 0.717) is 16.9 Å². The monoisotopic (exact) mass is 284 g/mol. The SMILES string of the molecule is Cc1cccc(CN2C(=O)C(=O)c3cc(F)cc(C)c32)n1. The molecule has 0 bridgehead atoms. The summed E-state index contributed by atoms with van der Waals surface area (Å²) in [6.07, 6.45) is 0. The Hall–Kier alpha value is -2.56. The van der Waals surface area contributed by atoms with Crippen LogP contribution >= 0.6 is 0 Å². The van der Waals surface area contributed by atoms with Crippen LogP contribution in [-0.2, 0) is 11.3 Å². The van der Waals surface area contributed by atoms with Crippen LogP contribution in [0.5, 0.6) is 0 Å². The van der Waals surface area contributed by atoms with Crippen molar-refractivity contribution in [1.82, 2.24) is 4.98 Å². The highest BCUT2D eigenvalue weighted by Gasteiger charge is 2.37. The molecule has 21 heavy (non-hydrogen) atoms. The summed E-state index contributed by atoms with van der Waals surface area (Å²) in [4.78, 5) is 29.8.